The largest absolute Gasteiger partial charge is 0.390 e. The summed E-state index contributed by atoms with van der Waals surface area (Å²) in [5.74, 6) is 0. The molecule has 1 aliphatic heterocycles. The van der Waals surface area contributed by atoms with Crippen molar-refractivity contribution < 1.29 is 5.11 Å². The minimum Gasteiger partial charge on any atom is -0.390 e. The van der Waals surface area contributed by atoms with Gasteiger partial charge in [0.1, 0.15) is 0 Å². The van der Waals surface area contributed by atoms with Gasteiger partial charge in [-0.25, -0.2) is 0 Å². The fourth-order valence-electron chi connectivity index (χ4n) is 3.22. The van der Waals surface area contributed by atoms with Gasteiger partial charge in [0.15, 0.2) is 0 Å². The van der Waals surface area contributed by atoms with Crippen LogP contribution in [0.4, 0.5) is 0 Å². The zero-order valence-corrected chi connectivity index (χ0v) is 10.1. The van der Waals surface area contributed by atoms with Crippen LogP contribution >= 0.6 is 0 Å². The van der Waals surface area contributed by atoms with E-state index in [9.17, 15) is 5.11 Å². The van der Waals surface area contributed by atoms with Crippen LogP contribution in [0.15, 0.2) is 48.5 Å². The van der Waals surface area contributed by atoms with Crippen LogP contribution in [0.5, 0.6) is 0 Å². The summed E-state index contributed by atoms with van der Waals surface area (Å²) in [7, 11) is 0. The molecule has 0 aromatic heterocycles. The maximum atomic E-state index is 9.53. The molecule has 2 nitrogen and oxygen atoms in total. The minimum absolute atomic E-state index is 0.148. The van der Waals surface area contributed by atoms with Gasteiger partial charge in [0.2, 0.25) is 0 Å². The first-order chi connectivity index (χ1) is 8.84. The van der Waals surface area contributed by atoms with E-state index < -0.39 is 0 Å². The quantitative estimate of drug-likeness (QED) is 0.823. The van der Waals surface area contributed by atoms with Crippen LogP contribution < -0.4 is 0 Å². The van der Waals surface area contributed by atoms with Crippen LogP contribution in [-0.2, 0) is 0 Å². The van der Waals surface area contributed by atoms with Gasteiger partial charge in [0.25, 0.3) is 0 Å². The van der Waals surface area contributed by atoms with Crippen molar-refractivity contribution in [2.24, 2.45) is 0 Å². The summed E-state index contributed by atoms with van der Waals surface area (Å²) in [5, 5.41) is 9.53. The standard InChI is InChI=1S/C16H15NO/c18-11-9-17(10-11)16-14-7-3-1-5-12(14)13-6-2-4-8-15(13)16/h1-8,11,16,18H,9-10H2. The van der Waals surface area contributed by atoms with Crippen molar-refractivity contribution in [2.75, 3.05) is 13.1 Å². The van der Waals surface area contributed by atoms with E-state index in [0.29, 0.717) is 6.04 Å². The highest BCUT2D eigenvalue weighted by molar-refractivity contribution is 5.78. The van der Waals surface area contributed by atoms with E-state index in [1.54, 1.807) is 0 Å². The van der Waals surface area contributed by atoms with Gasteiger partial charge in [-0.2, -0.15) is 0 Å². The summed E-state index contributed by atoms with van der Waals surface area (Å²) in [6, 6.07) is 17.6. The number of aliphatic hydroxyl groups excluding tert-OH is 1. The predicted octanol–water partition coefficient (Wildman–Crippen LogP) is 2.43. The van der Waals surface area contributed by atoms with Gasteiger partial charge >= 0.3 is 0 Å². The highest BCUT2D eigenvalue weighted by atomic mass is 16.3. The van der Waals surface area contributed by atoms with Gasteiger partial charge in [-0.1, -0.05) is 48.5 Å². The Morgan fingerprint density at radius 2 is 1.33 bits per heavy atom. The molecule has 0 atom stereocenters. The highest BCUT2D eigenvalue weighted by Gasteiger charge is 2.38. The van der Waals surface area contributed by atoms with E-state index in [-0.39, 0.29) is 6.10 Å². The van der Waals surface area contributed by atoms with E-state index in [1.165, 1.54) is 22.3 Å². The van der Waals surface area contributed by atoms with Crippen LogP contribution in [0.3, 0.4) is 0 Å². The van der Waals surface area contributed by atoms with Gasteiger partial charge in [0.05, 0.1) is 12.1 Å². The fraction of sp³-hybridized carbons (Fsp3) is 0.250. The molecule has 1 heterocycles. The summed E-state index contributed by atoms with van der Waals surface area (Å²) in [6.07, 6.45) is -0.148. The molecule has 0 amide bonds. The Labute approximate surface area is 106 Å². The van der Waals surface area contributed by atoms with Crippen molar-refractivity contribution in [1.29, 1.82) is 0 Å². The Morgan fingerprint density at radius 1 is 0.833 bits per heavy atom. The summed E-state index contributed by atoms with van der Waals surface area (Å²) < 4.78 is 0. The van der Waals surface area contributed by atoms with Crippen LogP contribution in [0.1, 0.15) is 17.2 Å². The summed E-state index contributed by atoms with van der Waals surface area (Å²) in [5.41, 5.74) is 5.45. The summed E-state index contributed by atoms with van der Waals surface area (Å²) in [6.45, 7) is 1.57. The van der Waals surface area contributed by atoms with E-state index in [0.717, 1.165) is 13.1 Å². The molecule has 1 aliphatic carbocycles. The Balaban J connectivity index is 1.87. The molecular formula is C16H15NO. The van der Waals surface area contributed by atoms with Gasteiger partial charge in [-0.05, 0) is 22.3 Å². The lowest BCUT2D eigenvalue weighted by Crippen LogP contribution is -2.51. The molecule has 1 fully saturated rings. The lowest BCUT2D eigenvalue weighted by atomic mass is 9.99. The van der Waals surface area contributed by atoms with Crippen molar-refractivity contribution in [1.82, 2.24) is 4.90 Å². The van der Waals surface area contributed by atoms with Crippen LogP contribution in [0.2, 0.25) is 0 Å². The number of hydrogen-bond acceptors (Lipinski definition) is 2. The molecule has 0 spiro atoms. The normalized spacial score (nSPS) is 19.4. The third-order valence-corrected chi connectivity index (χ3v) is 4.06. The summed E-state index contributed by atoms with van der Waals surface area (Å²) >= 11 is 0. The molecule has 1 saturated heterocycles. The number of hydrogen-bond donors (Lipinski definition) is 1. The second kappa shape index (κ2) is 3.67. The first-order valence-corrected chi connectivity index (χ1v) is 6.45. The zero-order chi connectivity index (χ0) is 12.1. The minimum atomic E-state index is -0.148. The van der Waals surface area contributed by atoms with Crippen molar-refractivity contribution in [3.05, 3.63) is 59.7 Å². The Bertz CT molecular complexity index is 556. The Morgan fingerprint density at radius 3 is 1.83 bits per heavy atom. The van der Waals surface area contributed by atoms with E-state index in [4.69, 9.17) is 0 Å². The van der Waals surface area contributed by atoms with Crippen LogP contribution in [-0.4, -0.2) is 29.2 Å². The SMILES string of the molecule is OC1CN(C2c3ccccc3-c3ccccc32)C1. The Hall–Kier alpha value is -1.64. The fourth-order valence-corrected chi connectivity index (χ4v) is 3.22. The lowest BCUT2D eigenvalue weighted by molar-refractivity contribution is -0.0151. The van der Waals surface area contributed by atoms with Crippen molar-refractivity contribution in [2.45, 2.75) is 12.1 Å². The molecule has 1 N–H and O–H groups in total. The molecule has 4 rings (SSSR count). The van der Waals surface area contributed by atoms with E-state index >= 15 is 0 Å². The third-order valence-electron chi connectivity index (χ3n) is 4.06. The molecule has 2 aliphatic rings. The molecule has 90 valence electrons. The smallest absolute Gasteiger partial charge is 0.0794 e. The van der Waals surface area contributed by atoms with Crippen LogP contribution in [0.25, 0.3) is 11.1 Å². The molecule has 2 heteroatoms. The highest BCUT2D eigenvalue weighted by Crippen LogP contribution is 2.47. The van der Waals surface area contributed by atoms with E-state index in [2.05, 4.69) is 53.4 Å². The number of fused-ring (bicyclic) bond motifs is 3. The molecule has 2 aromatic carbocycles. The Kier molecular flexibility index (Phi) is 2.10. The van der Waals surface area contributed by atoms with Crippen molar-refractivity contribution in [3.8, 4) is 11.1 Å². The number of β-amino-alcohol motifs (C(OH)–C–C–N with tert-alkyl or cyclic N) is 1. The molecule has 0 saturated carbocycles. The average Bonchev–Trinajstić information content (AvgIpc) is 2.70. The van der Waals surface area contributed by atoms with Gasteiger partial charge < -0.3 is 5.11 Å². The topological polar surface area (TPSA) is 23.5 Å². The third kappa shape index (κ3) is 1.30. The number of nitrogens with zero attached hydrogens (tertiary/aromatic N) is 1. The number of rotatable bonds is 1. The second-order valence-corrected chi connectivity index (χ2v) is 5.18. The second-order valence-electron chi connectivity index (χ2n) is 5.18. The number of likely N-dealkylation sites (tertiary alicyclic amines) is 1. The van der Waals surface area contributed by atoms with E-state index in [1.807, 2.05) is 0 Å². The first-order valence-electron chi connectivity index (χ1n) is 6.45. The molecule has 18 heavy (non-hydrogen) atoms. The average molecular weight is 237 g/mol. The number of benzene rings is 2. The maximum absolute atomic E-state index is 9.53. The molecule has 0 unspecified atom stereocenters. The maximum Gasteiger partial charge on any atom is 0.0794 e. The van der Waals surface area contributed by atoms with Gasteiger partial charge in [-0.3, -0.25) is 4.90 Å². The first kappa shape index (κ1) is 10.3. The predicted molar refractivity (Wildman–Crippen MR) is 71.3 cm³/mol. The van der Waals surface area contributed by atoms with Crippen molar-refractivity contribution in [3.63, 3.8) is 0 Å². The molecule has 0 radical (unpaired) electrons. The lowest BCUT2D eigenvalue weighted by Gasteiger charge is -2.41. The number of aliphatic hydroxyl groups is 1. The van der Waals surface area contributed by atoms with Gasteiger partial charge in [0, 0.05) is 13.1 Å². The zero-order valence-electron chi connectivity index (χ0n) is 10.1. The molecular weight excluding hydrogens is 222 g/mol. The molecule has 0 bridgehead atoms. The van der Waals surface area contributed by atoms with Crippen LogP contribution in [0, 0.1) is 0 Å². The molecule has 2 aromatic rings. The van der Waals surface area contributed by atoms with Gasteiger partial charge in [-0.15, -0.1) is 0 Å². The summed E-state index contributed by atoms with van der Waals surface area (Å²) in [4.78, 5) is 2.36. The monoisotopic (exact) mass is 237 g/mol. The van der Waals surface area contributed by atoms with Crippen molar-refractivity contribution >= 4 is 0 Å².